The summed E-state index contributed by atoms with van der Waals surface area (Å²) in [5.41, 5.74) is 1.06. The van der Waals surface area contributed by atoms with Crippen molar-refractivity contribution in [2.24, 2.45) is 0 Å². The summed E-state index contributed by atoms with van der Waals surface area (Å²) >= 11 is 1.43. The summed E-state index contributed by atoms with van der Waals surface area (Å²) in [6.07, 6.45) is 2.89. The molecule has 1 aliphatic carbocycles. The summed E-state index contributed by atoms with van der Waals surface area (Å²) in [5.74, 6) is -0.266. The second kappa shape index (κ2) is 6.01. The average molecular weight is 283 g/mol. The Hall–Kier alpha value is -1.63. The zero-order valence-corrected chi connectivity index (χ0v) is 11.6. The zero-order valence-electron chi connectivity index (χ0n) is 10.8. The Bertz CT molecular complexity index is 471. The van der Waals surface area contributed by atoms with Crippen molar-refractivity contribution < 1.29 is 14.7 Å². The third-order valence-corrected chi connectivity index (χ3v) is 3.74. The summed E-state index contributed by atoms with van der Waals surface area (Å²) in [4.78, 5) is 28.0. The third kappa shape index (κ3) is 4.20. The number of hydrogen-bond acceptors (Lipinski definition) is 4. The Morgan fingerprint density at radius 1 is 1.58 bits per heavy atom. The molecule has 1 heterocycles. The first-order valence-corrected chi connectivity index (χ1v) is 7.13. The highest BCUT2D eigenvalue weighted by Crippen LogP contribution is 2.40. The van der Waals surface area contributed by atoms with Gasteiger partial charge in [0.05, 0.1) is 5.69 Å². The topological polar surface area (TPSA) is 82.5 Å². The lowest BCUT2D eigenvalue weighted by Gasteiger charge is -2.16. The van der Waals surface area contributed by atoms with Crippen molar-refractivity contribution in [1.29, 1.82) is 0 Å². The fourth-order valence-corrected chi connectivity index (χ4v) is 2.45. The summed E-state index contributed by atoms with van der Waals surface area (Å²) in [5, 5.41) is 13.9. The van der Waals surface area contributed by atoms with Gasteiger partial charge in [-0.1, -0.05) is 0 Å². The highest BCUT2D eigenvalue weighted by molar-refractivity contribution is 7.13. The molecule has 6 nitrogen and oxygen atoms in total. The molecule has 0 saturated heterocycles. The van der Waals surface area contributed by atoms with E-state index in [-0.39, 0.29) is 12.5 Å². The van der Waals surface area contributed by atoms with Crippen molar-refractivity contribution in [2.45, 2.75) is 31.6 Å². The number of carbonyl (C=O) groups is 2. The van der Waals surface area contributed by atoms with E-state index in [0.717, 1.165) is 5.69 Å². The molecule has 104 valence electrons. The number of urea groups is 1. The van der Waals surface area contributed by atoms with Gasteiger partial charge in [-0.05, 0) is 19.3 Å². The number of thiazole rings is 1. The minimum Gasteiger partial charge on any atom is -0.481 e. The molecular formula is C12H17N3O3S. The smallest absolute Gasteiger partial charge is 0.323 e. The number of nitrogens with one attached hydrogen (secondary N) is 1. The molecule has 7 heteroatoms. The summed E-state index contributed by atoms with van der Waals surface area (Å²) < 4.78 is 0. The van der Waals surface area contributed by atoms with Crippen LogP contribution in [-0.4, -0.2) is 40.6 Å². The molecule has 0 aromatic carbocycles. The molecule has 1 aliphatic rings. The van der Waals surface area contributed by atoms with Crippen LogP contribution in [0.4, 0.5) is 9.93 Å². The number of rotatable bonds is 6. The maximum atomic E-state index is 11.8. The molecule has 0 aliphatic heterocycles. The van der Waals surface area contributed by atoms with Crippen molar-refractivity contribution in [3.05, 3.63) is 11.1 Å². The highest BCUT2D eigenvalue weighted by Gasteiger charge is 2.26. The molecule has 0 bridgehead atoms. The number of amides is 2. The Morgan fingerprint density at radius 3 is 2.95 bits per heavy atom. The molecule has 0 atom stereocenters. The van der Waals surface area contributed by atoms with Crippen molar-refractivity contribution in [3.63, 3.8) is 0 Å². The van der Waals surface area contributed by atoms with E-state index < -0.39 is 5.97 Å². The molecule has 19 heavy (non-hydrogen) atoms. The van der Waals surface area contributed by atoms with Gasteiger partial charge < -0.3 is 10.0 Å². The Balaban J connectivity index is 1.76. The van der Waals surface area contributed by atoms with E-state index in [1.54, 1.807) is 7.05 Å². The fraction of sp³-hybridized carbons (Fsp3) is 0.583. The van der Waals surface area contributed by atoms with Gasteiger partial charge >= 0.3 is 12.0 Å². The minimum absolute atomic E-state index is 0.0701. The highest BCUT2D eigenvalue weighted by atomic mass is 32.1. The van der Waals surface area contributed by atoms with E-state index in [1.807, 2.05) is 5.38 Å². The normalized spacial score (nSPS) is 14.2. The Labute approximate surface area is 115 Å². The molecule has 2 rings (SSSR count). The monoisotopic (exact) mass is 283 g/mol. The molecule has 1 aromatic heterocycles. The SMILES string of the molecule is CN(CCCC(=O)O)C(=O)Nc1nc(C2CC2)cs1. The second-order valence-electron chi connectivity index (χ2n) is 4.70. The Kier molecular flexibility index (Phi) is 4.36. The fourth-order valence-electron chi connectivity index (χ4n) is 1.67. The first-order valence-electron chi connectivity index (χ1n) is 6.25. The lowest BCUT2D eigenvalue weighted by atomic mass is 10.3. The van der Waals surface area contributed by atoms with E-state index in [1.165, 1.54) is 29.1 Å². The lowest BCUT2D eigenvalue weighted by Crippen LogP contribution is -2.32. The molecule has 2 amide bonds. The van der Waals surface area contributed by atoms with Crippen LogP contribution in [0.2, 0.25) is 0 Å². The largest absolute Gasteiger partial charge is 0.481 e. The van der Waals surface area contributed by atoms with Crippen LogP contribution in [0.1, 0.15) is 37.3 Å². The van der Waals surface area contributed by atoms with Gasteiger partial charge in [0.15, 0.2) is 5.13 Å². The first kappa shape index (κ1) is 13.8. The molecule has 1 aromatic rings. The van der Waals surface area contributed by atoms with Gasteiger partial charge in [0.1, 0.15) is 0 Å². The van der Waals surface area contributed by atoms with E-state index in [9.17, 15) is 9.59 Å². The predicted molar refractivity (Wildman–Crippen MR) is 72.6 cm³/mol. The summed E-state index contributed by atoms with van der Waals surface area (Å²) in [6.45, 7) is 0.416. The number of carbonyl (C=O) groups excluding carboxylic acids is 1. The van der Waals surface area contributed by atoms with E-state index >= 15 is 0 Å². The number of hydrogen-bond donors (Lipinski definition) is 2. The van der Waals surface area contributed by atoms with Crippen LogP contribution in [0, 0.1) is 0 Å². The van der Waals surface area contributed by atoms with Crippen molar-refractivity contribution in [3.8, 4) is 0 Å². The number of aliphatic carboxylic acids is 1. The number of anilines is 1. The van der Waals surface area contributed by atoms with E-state index in [2.05, 4.69) is 10.3 Å². The lowest BCUT2D eigenvalue weighted by molar-refractivity contribution is -0.137. The van der Waals surface area contributed by atoms with Gasteiger partial charge in [-0.2, -0.15) is 0 Å². The van der Waals surface area contributed by atoms with Crippen molar-refractivity contribution in [1.82, 2.24) is 9.88 Å². The molecule has 1 saturated carbocycles. The molecule has 0 radical (unpaired) electrons. The van der Waals surface area contributed by atoms with Gasteiger partial charge in [-0.3, -0.25) is 10.1 Å². The van der Waals surface area contributed by atoms with Crippen LogP contribution in [0.3, 0.4) is 0 Å². The standard InChI is InChI=1S/C12H17N3O3S/c1-15(6-2-3-10(16)17)12(18)14-11-13-9(7-19-11)8-4-5-8/h7-8H,2-6H2,1H3,(H,16,17)(H,13,14,18). The quantitative estimate of drug-likeness (QED) is 0.839. The van der Waals surface area contributed by atoms with Crippen LogP contribution in [-0.2, 0) is 4.79 Å². The van der Waals surface area contributed by atoms with Crippen molar-refractivity contribution in [2.75, 3.05) is 18.9 Å². The van der Waals surface area contributed by atoms with Gasteiger partial charge in [0.2, 0.25) is 0 Å². The third-order valence-electron chi connectivity index (χ3n) is 2.96. The van der Waals surface area contributed by atoms with Crippen LogP contribution >= 0.6 is 11.3 Å². The number of nitrogens with zero attached hydrogens (tertiary/aromatic N) is 2. The predicted octanol–water partition coefficient (Wildman–Crippen LogP) is 2.35. The molecular weight excluding hydrogens is 266 g/mol. The molecule has 1 fully saturated rings. The maximum Gasteiger partial charge on any atom is 0.323 e. The first-order chi connectivity index (χ1) is 9.06. The maximum absolute atomic E-state index is 11.8. The minimum atomic E-state index is -0.845. The molecule has 2 N–H and O–H groups in total. The van der Waals surface area contributed by atoms with E-state index in [4.69, 9.17) is 5.11 Å². The van der Waals surface area contributed by atoms with Crippen LogP contribution in [0.5, 0.6) is 0 Å². The number of carboxylic acids is 1. The van der Waals surface area contributed by atoms with Gasteiger partial charge in [0, 0.05) is 31.3 Å². The number of aromatic nitrogens is 1. The Morgan fingerprint density at radius 2 is 2.32 bits per heavy atom. The molecule has 0 spiro atoms. The second-order valence-corrected chi connectivity index (χ2v) is 5.56. The summed E-state index contributed by atoms with van der Waals surface area (Å²) in [6, 6.07) is -0.248. The van der Waals surface area contributed by atoms with Gasteiger partial charge in [0.25, 0.3) is 0 Å². The van der Waals surface area contributed by atoms with Gasteiger partial charge in [-0.25, -0.2) is 9.78 Å². The summed E-state index contributed by atoms with van der Waals surface area (Å²) in [7, 11) is 1.65. The van der Waals surface area contributed by atoms with Crippen LogP contribution in [0.25, 0.3) is 0 Å². The zero-order chi connectivity index (χ0) is 13.8. The average Bonchev–Trinajstić information content (AvgIpc) is 3.10. The number of carboxylic acid groups (broad SMARTS) is 1. The van der Waals surface area contributed by atoms with Crippen LogP contribution < -0.4 is 5.32 Å². The van der Waals surface area contributed by atoms with Crippen LogP contribution in [0.15, 0.2) is 5.38 Å². The van der Waals surface area contributed by atoms with Crippen molar-refractivity contribution >= 4 is 28.5 Å². The molecule has 0 unspecified atom stereocenters. The van der Waals surface area contributed by atoms with E-state index in [0.29, 0.717) is 24.0 Å². The van der Waals surface area contributed by atoms with Gasteiger partial charge in [-0.15, -0.1) is 11.3 Å².